The monoisotopic (exact) mass is 219 g/mol. The van der Waals surface area contributed by atoms with Crippen LogP contribution in [0.1, 0.15) is 13.3 Å². The molecule has 2 N–H and O–H groups in total. The molecule has 0 saturated heterocycles. The van der Waals surface area contributed by atoms with Gasteiger partial charge in [-0.05, 0) is 25.5 Å². The van der Waals surface area contributed by atoms with Gasteiger partial charge in [-0.25, -0.2) is 0 Å². The van der Waals surface area contributed by atoms with Crippen molar-refractivity contribution in [2.45, 2.75) is 19.9 Å². The van der Waals surface area contributed by atoms with E-state index in [2.05, 4.69) is 5.10 Å². The van der Waals surface area contributed by atoms with E-state index >= 15 is 0 Å². The van der Waals surface area contributed by atoms with Crippen LogP contribution in [-0.4, -0.2) is 23.0 Å². The summed E-state index contributed by atoms with van der Waals surface area (Å²) >= 11 is 0. The van der Waals surface area contributed by atoms with Gasteiger partial charge in [0.2, 0.25) is 0 Å². The molecule has 0 radical (unpaired) electrons. The fraction of sp³-hybridized carbons (Fsp3) is 0.417. The van der Waals surface area contributed by atoms with E-state index in [1.807, 2.05) is 35.9 Å². The maximum absolute atomic E-state index is 5.84. The van der Waals surface area contributed by atoms with Gasteiger partial charge in [0.15, 0.2) is 5.82 Å². The summed E-state index contributed by atoms with van der Waals surface area (Å²) in [6.45, 7) is 4.38. The number of aryl methyl sites for hydroxylation is 1. The van der Waals surface area contributed by atoms with E-state index in [4.69, 9.17) is 10.5 Å². The number of ether oxygens (including phenoxy) is 1. The van der Waals surface area contributed by atoms with Crippen molar-refractivity contribution in [3.05, 3.63) is 24.3 Å². The predicted octanol–water partition coefficient (Wildman–Crippen LogP) is 2.05. The molecule has 0 spiro atoms. The molecule has 0 saturated carbocycles. The first-order valence-electron chi connectivity index (χ1n) is 5.61. The Labute approximate surface area is 95.0 Å². The molecule has 0 fully saturated rings. The van der Waals surface area contributed by atoms with Gasteiger partial charge in [-0.3, -0.25) is 4.68 Å². The average Bonchev–Trinajstić information content (AvgIpc) is 2.63. The molecule has 0 aliphatic heterocycles. The molecule has 0 atom stereocenters. The summed E-state index contributed by atoms with van der Waals surface area (Å²) in [4.78, 5) is 0. The molecule has 2 rings (SSSR count). The van der Waals surface area contributed by atoms with Crippen LogP contribution >= 0.6 is 0 Å². The quantitative estimate of drug-likeness (QED) is 0.783. The maximum Gasteiger partial charge on any atom is 0.153 e. The van der Waals surface area contributed by atoms with Crippen molar-refractivity contribution in [1.82, 2.24) is 9.78 Å². The van der Waals surface area contributed by atoms with Crippen molar-refractivity contribution in [2.24, 2.45) is 0 Å². The standard InChI is InChI=1S/C12H17N3O/c1-2-16-9-5-8-15-11-7-4-3-6-10(11)12(13)14-15/h3-4,6-7H,2,5,8-9H2,1H3,(H2,13,14). The van der Waals surface area contributed by atoms with E-state index in [1.165, 1.54) is 0 Å². The number of anilines is 1. The highest BCUT2D eigenvalue weighted by molar-refractivity contribution is 5.88. The Morgan fingerprint density at radius 3 is 3.00 bits per heavy atom. The molecule has 4 nitrogen and oxygen atoms in total. The maximum atomic E-state index is 5.84. The molecule has 0 bridgehead atoms. The summed E-state index contributed by atoms with van der Waals surface area (Å²) < 4.78 is 7.25. The Hall–Kier alpha value is -1.55. The van der Waals surface area contributed by atoms with E-state index < -0.39 is 0 Å². The molecule has 16 heavy (non-hydrogen) atoms. The first kappa shape index (κ1) is 11.0. The minimum Gasteiger partial charge on any atom is -0.382 e. The average molecular weight is 219 g/mol. The Balaban J connectivity index is 2.12. The number of rotatable bonds is 5. The second kappa shape index (κ2) is 4.99. The number of fused-ring (bicyclic) bond motifs is 1. The van der Waals surface area contributed by atoms with Crippen molar-refractivity contribution in [3.63, 3.8) is 0 Å². The number of para-hydroxylation sites is 1. The van der Waals surface area contributed by atoms with Gasteiger partial charge in [0, 0.05) is 25.1 Å². The normalized spacial score (nSPS) is 11.1. The van der Waals surface area contributed by atoms with Crippen LogP contribution < -0.4 is 5.73 Å². The van der Waals surface area contributed by atoms with Gasteiger partial charge in [0.05, 0.1) is 5.52 Å². The number of hydrogen-bond donors (Lipinski definition) is 1. The number of nitrogens with two attached hydrogens (primary N) is 1. The van der Waals surface area contributed by atoms with E-state index in [-0.39, 0.29) is 0 Å². The van der Waals surface area contributed by atoms with Gasteiger partial charge >= 0.3 is 0 Å². The van der Waals surface area contributed by atoms with Crippen molar-refractivity contribution in [1.29, 1.82) is 0 Å². The van der Waals surface area contributed by atoms with Crippen molar-refractivity contribution >= 4 is 16.7 Å². The number of nitrogen functional groups attached to an aromatic ring is 1. The summed E-state index contributed by atoms with van der Waals surface area (Å²) in [5.74, 6) is 0.604. The van der Waals surface area contributed by atoms with Crippen LogP contribution in [-0.2, 0) is 11.3 Å². The lowest BCUT2D eigenvalue weighted by molar-refractivity contribution is 0.141. The minimum absolute atomic E-state index is 0.604. The van der Waals surface area contributed by atoms with Gasteiger partial charge in [0.1, 0.15) is 0 Å². The van der Waals surface area contributed by atoms with Crippen LogP contribution in [0.25, 0.3) is 10.9 Å². The Morgan fingerprint density at radius 2 is 2.19 bits per heavy atom. The van der Waals surface area contributed by atoms with Crippen LogP contribution in [0, 0.1) is 0 Å². The molecule has 0 aliphatic carbocycles. The zero-order valence-corrected chi connectivity index (χ0v) is 9.52. The van der Waals surface area contributed by atoms with Gasteiger partial charge in [0.25, 0.3) is 0 Å². The summed E-state index contributed by atoms with van der Waals surface area (Å²) in [5, 5.41) is 5.35. The first-order valence-corrected chi connectivity index (χ1v) is 5.61. The van der Waals surface area contributed by atoms with Crippen molar-refractivity contribution in [2.75, 3.05) is 18.9 Å². The summed E-state index contributed by atoms with van der Waals surface area (Å²) in [6.07, 6.45) is 0.957. The minimum atomic E-state index is 0.604. The summed E-state index contributed by atoms with van der Waals surface area (Å²) in [6, 6.07) is 8.02. The van der Waals surface area contributed by atoms with Crippen LogP contribution in [0.5, 0.6) is 0 Å². The predicted molar refractivity (Wildman–Crippen MR) is 65.3 cm³/mol. The molecule has 0 amide bonds. The fourth-order valence-electron chi connectivity index (χ4n) is 1.78. The van der Waals surface area contributed by atoms with Gasteiger partial charge in [-0.1, -0.05) is 12.1 Å². The Kier molecular flexibility index (Phi) is 3.41. The molecule has 86 valence electrons. The Bertz CT molecular complexity index is 464. The largest absolute Gasteiger partial charge is 0.382 e. The second-order valence-corrected chi connectivity index (χ2v) is 3.68. The molecular formula is C12H17N3O. The number of nitrogens with zero attached hydrogens (tertiary/aromatic N) is 2. The highest BCUT2D eigenvalue weighted by atomic mass is 16.5. The molecule has 1 aromatic carbocycles. The third kappa shape index (κ3) is 2.17. The van der Waals surface area contributed by atoms with Crippen LogP contribution in [0.3, 0.4) is 0 Å². The molecule has 0 unspecified atom stereocenters. The molecular weight excluding hydrogens is 202 g/mol. The topological polar surface area (TPSA) is 53.1 Å². The zero-order chi connectivity index (χ0) is 11.4. The number of hydrogen-bond acceptors (Lipinski definition) is 3. The lowest BCUT2D eigenvalue weighted by atomic mass is 10.2. The van der Waals surface area contributed by atoms with Crippen molar-refractivity contribution < 1.29 is 4.74 Å². The molecule has 2 aromatic rings. The smallest absolute Gasteiger partial charge is 0.153 e. The first-order chi connectivity index (χ1) is 7.83. The molecule has 4 heteroatoms. The second-order valence-electron chi connectivity index (χ2n) is 3.68. The molecule has 1 heterocycles. The molecule has 0 aliphatic rings. The number of benzene rings is 1. The van der Waals surface area contributed by atoms with Gasteiger partial charge in [-0.15, -0.1) is 0 Å². The third-order valence-electron chi connectivity index (χ3n) is 2.55. The zero-order valence-electron chi connectivity index (χ0n) is 9.52. The van der Waals surface area contributed by atoms with E-state index in [0.29, 0.717) is 5.82 Å². The fourth-order valence-corrected chi connectivity index (χ4v) is 1.78. The highest BCUT2D eigenvalue weighted by Crippen LogP contribution is 2.19. The van der Waals surface area contributed by atoms with Crippen LogP contribution in [0.4, 0.5) is 5.82 Å². The lowest BCUT2D eigenvalue weighted by Gasteiger charge is -2.03. The van der Waals surface area contributed by atoms with Gasteiger partial charge < -0.3 is 10.5 Å². The highest BCUT2D eigenvalue weighted by Gasteiger charge is 2.05. The number of aromatic nitrogens is 2. The van der Waals surface area contributed by atoms with Crippen LogP contribution in [0.15, 0.2) is 24.3 Å². The third-order valence-corrected chi connectivity index (χ3v) is 2.55. The SMILES string of the molecule is CCOCCCn1nc(N)c2ccccc21. The molecule has 1 aromatic heterocycles. The van der Waals surface area contributed by atoms with E-state index in [9.17, 15) is 0 Å². The summed E-state index contributed by atoms with van der Waals surface area (Å²) in [7, 11) is 0. The van der Waals surface area contributed by atoms with Crippen molar-refractivity contribution in [3.8, 4) is 0 Å². The van der Waals surface area contributed by atoms with E-state index in [1.54, 1.807) is 0 Å². The summed E-state index contributed by atoms with van der Waals surface area (Å²) in [5.41, 5.74) is 6.94. The Morgan fingerprint density at radius 1 is 1.38 bits per heavy atom. The lowest BCUT2D eigenvalue weighted by Crippen LogP contribution is -2.04. The van der Waals surface area contributed by atoms with E-state index in [0.717, 1.165) is 37.1 Å². The van der Waals surface area contributed by atoms with Gasteiger partial charge in [-0.2, -0.15) is 5.10 Å². The van der Waals surface area contributed by atoms with Crippen LogP contribution in [0.2, 0.25) is 0 Å².